The lowest BCUT2D eigenvalue weighted by molar-refractivity contribution is 0.142. The Labute approximate surface area is 106 Å². The second-order valence-corrected chi connectivity index (χ2v) is 5.33. The molecule has 92 valence electrons. The molecule has 0 aromatic heterocycles. The zero-order valence-corrected chi connectivity index (χ0v) is 10.4. The molecule has 1 aromatic rings. The van der Waals surface area contributed by atoms with Crippen LogP contribution < -0.4 is 4.74 Å². The van der Waals surface area contributed by atoms with Crippen molar-refractivity contribution in [3.63, 3.8) is 0 Å². The van der Waals surface area contributed by atoms with Crippen LogP contribution in [0.25, 0.3) is 0 Å². The lowest BCUT2D eigenvalue weighted by Gasteiger charge is -2.19. The summed E-state index contributed by atoms with van der Waals surface area (Å²) in [6.45, 7) is 2.64. The van der Waals surface area contributed by atoms with Gasteiger partial charge in [-0.05, 0) is 30.2 Å². The van der Waals surface area contributed by atoms with Crippen molar-refractivity contribution >= 4 is 11.6 Å². The maximum absolute atomic E-state index is 9.48. The minimum atomic E-state index is -0.159. The summed E-state index contributed by atoms with van der Waals surface area (Å²) in [5.74, 6) is 0.958. The van der Waals surface area contributed by atoms with Gasteiger partial charge in [0.25, 0.3) is 0 Å². The second kappa shape index (κ2) is 4.48. The third-order valence-corrected chi connectivity index (χ3v) is 3.71. The van der Waals surface area contributed by atoms with Crippen LogP contribution >= 0.6 is 11.6 Å². The van der Waals surface area contributed by atoms with Gasteiger partial charge in [-0.25, -0.2) is 0 Å². The van der Waals surface area contributed by atoms with Gasteiger partial charge in [0.05, 0.1) is 6.10 Å². The molecule has 0 amide bonds. The van der Waals surface area contributed by atoms with Gasteiger partial charge in [-0.2, -0.15) is 0 Å². The molecule has 2 aliphatic heterocycles. The molecule has 0 bridgehead atoms. The fourth-order valence-electron chi connectivity index (χ4n) is 2.66. The van der Waals surface area contributed by atoms with E-state index in [9.17, 15) is 5.11 Å². The molecule has 1 saturated heterocycles. The number of benzene rings is 1. The fourth-order valence-corrected chi connectivity index (χ4v) is 2.85. The molecule has 0 aliphatic carbocycles. The molecule has 3 nitrogen and oxygen atoms in total. The van der Waals surface area contributed by atoms with Crippen LogP contribution in [0.5, 0.6) is 5.75 Å². The van der Waals surface area contributed by atoms with Crippen LogP contribution in [-0.4, -0.2) is 41.8 Å². The number of β-amino-alcohol motifs (C(OH)–C–C–N with tert-alkyl or cyclic N) is 1. The van der Waals surface area contributed by atoms with Crippen LogP contribution in [0.1, 0.15) is 12.0 Å². The van der Waals surface area contributed by atoms with Gasteiger partial charge in [0.2, 0.25) is 0 Å². The summed E-state index contributed by atoms with van der Waals surface area (Å²) in [6, 6.07) is 5.79. The molecule has 1 unspecified atom stereocenters. The molecular formula is C13H16ClNO2. The number of halogens is 1. The van der Waals surface area contributed by atoms with Gasteiger partial charge in [-0.3, -0.25) is 4.90 Å². The first-order valence-corrected chi connectivity index (χ1v) is 6.44. The lowest BCUT2D eigenvalue weighted by Crippen LogP contribution is -2.33. The molecule has 0 radical (unpaired) electrons. The highest BCUT2D eigenvalue weighted by Crippen LogP contribution is 2.31. The Balaban J connectivity index is 1.62. The molecule has 1 fully saturated rings. The monoisotopic (exact) mass is 253 g/mol. The predicted molar refractivity (Wildman–Crippen MR) is 66.6 cm³/mol. The normalized spacial score (nSPS) is 28.1. The molecular weight excluding hydrogens is 238 g/mol. The van der Waals surface area contributed by atoms with E-state index in [1.807, 2.05) is 18.2 Å². The second-order valence-electron chi connectivity index (χ2n) is 4.90. The van der Waals surface area contributed by atoms with Crippen LogP contribution in [0.2, 0.25) is 5.02 Å². The Morgan fingerprint density at radius 2 is 2.35 bits per heavy atom. The van der Waals surface area contributed by atoms with Gasteiger partial charge >= 0.3 is 0 Å². The third-order valence-electron chi connectivity index (χ3n) is 3.47. The van der Waals surface area contributed by atoms with Crippen molar-refractivity contribution in [3.8, 4) is 5.75 Å². The largest absolute Gasteiger partial charge is 0.488 e. The van der Waals surface area contributed by atoms with Gasteiger partial charge in [0, 0.05) is 31.1 Å². The van der Waals surface area contributed by atoms with Crippen LogP contribution in [-0.2, 0) is 6.42 Å². The topological polar surface area (TPSA) is 32.7 Å². The Hall–Kier alpha value is -0.770. The summed E-state index contributed by atoms with van der Waals surface area (Å²) in [5, 5.41) is 10.3. The van der Waals surface area contributed by atoms with Crippen molar-refractivity contribution < 1.29 is 9.84 Å². The molecule has 2 heterocycles. The van der Waals surface area contributed by atoms with Crippen molar-refractivity contribution in [1.82, 2.24) is 4.90 Å². The van der Waals surface area contributed by atoms with Gasteiger partial charge in [0.15, 0.2) is 0 Å². The molecule has 2 atom stereocenters. The van der Waals surface area contributed by atoms with Crippen molar-refractivity contribution in [1.29, 1.82) is 0 Å². The van der Waals surface area contributed by atoms with E-state index in [4.69, 9.17) is 16.3 Å². The smallest absolute Gasteiger partial charge is 0.123 e. The van der Waals surface area contributed by atoms with Gasteiger partial charge in [-0.15, -0.1) is 0 Å². The van der Waals surface area contributed by atoms with E-state index in [2.05, 4.69) is 4.90 Å². The predicted octanol–water partition coefficient (Wildman–Crippen LogP) is 1.71. The van der Waals surface area contributed by atoms with Crippen LogP contribution in [0, 0.1) is 0 Å². The summed E-state index contributed by atoms with van der Waals surface area (Å²) < 4.78 is 5.88. The lowest BCUT2D eigenvalue weighted by atomic mass is 10.1. The molecule has 17 heavy (non-hydrogen) atoms. The minimum Gasteiger partial charge on any atom is -0.488 e. The van der Waals surface area contributed by atoms with E-state index in [-0.39, 0.29) is 12.2 Å². The van der Waals surface area contributed by atoms with Gasteiger partial charge in [-0.1, -0.05) is 11.6 Å². The van der Waals surface area contributed by atoms with Gasteiger partial charge in [0.1, 0.15) is 11.9 Å². The SMILES string of the molecule is O[C@@H]1CCN(CC2Cc3cc(Cl)ccc3O2)C1. The number of ether oxygens (including phenoxy) is 1. The van der Waals surface area contributed by atoms with Crippen molar-refractivity contribution in [2.45, 2.75) is 25.0 Å². The van der Waals surface area contributed by atoms with Crippen molar-refractivity contribution in [2.24, 2.45) is 0 Å². The highest BCUT2D eigenvalue weighted by molar-refractivity contribution is 6.30. The summed E-state index contributed by atoms with van der Waals surface area (Å²) in [5.41, 5.74) is 1.20. The minimum absolute atomic E-state index is 0.159. The Morgan fingerprint density at radius 1 is 1.47 bits per heavy atom. The summed E-state index contributed by atoms with van der Waals surface area (Å²) in [6.07, 6.45) is 1.84. The Kier molecular flexibility index (Phi) is 2.99. The maximum Gasteiger partial charge on any atom is 0.123 e. The van der Waals surface area contributed by atoms with Crippen molar-refractivity contribution in [2.75, 3.05) is 19.6 Å². The number of rotatable bonds is 2. The first kappa shape index (κ1) is 11.3. The van der Waals surface area contributed by atoms with Crippen LogP contribution in [0.4, 0.5) is 0 Å². The number of nitrogens with zero attached hydrogens (tertiary/aromatic N) is 1. The maximum atomic E-state index is 9.48. The molecule has 2 aliphatic rings. The van der Waals surface area contributed by atoms with Crippen molar-refractivity contribution in [3.05, 3.63) is 28.8 Å². The molecule has 4 heteroatoms. The number of hydrogen-bond donors (Lipinski definition) is 1. The molecule has 1 N–H and O–H groups in total. The standard InChI is InChI=1S/C13H16ClNO2/c14-10-1-2-13-9(5-10)6-12(17-13)8-15-4-3-11(16)7-15/h1-2,5,11-12,16H,3-4,6-8H2/t11-,12?/m1/s1. The van der Waals surface area contributed by atoms with E-state index in [1.54, 1.807) is 0 Å². The average molecular weight is 254 g/mol. The average Bonchev–Trinajstić information content (AvgIpc) is 2.84. The number of aliphatic hydroxyl groups excluding tert-OH is 1. The molecule has 0 saturated carbocycles. The molecule has 0 spiro atoms. The third kappa shape index (κ3) is 2.41. The zero-order valence-electron chi connectivity index (χ0n) is 9.60. The zero-order chi connectivity index (χ0) is 11.8. The van der Waals surface area contributed by atoms with E-state index < -0.39 is 0 Å². The molecule has 1 aromatic carbocycles. The number of fused-ring (bicyclic) bond motifs is 1. The molecule has 3 rings (SSSR count). The Bertz CT molecular complexity index is 424. The number of likely N-dealkylation sites (tertiary alicyclic amines) is 1. The van der Waals surface area contributed by atoms with E-state index >= 15 is 0 Å². The highest BCUT2D eigenvalue weighted by atomic mass is 35.5. The fraction of sp³-hybridized carbons (Fsp3) is 0.538. The summed E-state index contributed by atoms with van der Waals surface area (Å²) in [4.78, 5) is 2.27. The highest BCUT2D eigenvalue weighted by Gasteiger charge is 2.28. The first-order valence-electron chi connectivity index (χ1n) is 6.06. The Morgan fingerprint density at radius 3 is 3.12 bits per heavy atom. The van der Waals surface area contributed by atoms with E-state index in [0.717, 1.165) is 43.2 Å². The number of hydrogen-bond acceptors (Lipinski definition) is 3. The quantitative estimate of drug-likeness (QED) is 0.871. The summed E-state index contributed by atoms with van der Waals surface area (Å²) in [7, 11) is 0. The van der Waals surface area contributed by atoms with E-state index in [0.29, 0.717) is 0 Å². The van der Waals surface area contributed by atoms with Gasteiger partial charge < -0.3 is 9.84 Å². The first-order chi connectivity index (χ1) is 8.20. The van der Waals surface area contributed by atoms with Crippen LogP contribution in [0.3, 0.4) is 0 Å². The van der Waals surface area contributed by atoms with E-state index in [1.165, 1.54) is 5.56 Å². The van der Waals surface area contributed by atoms with Crippen LogP contribution in [0.15, 0.2) is 18.2 Å². The number of aliphatic hydroxyl groups is 1. The summed E-state index contributed by atoms with van der Waals surface area (Å²) >= 11 is 5.96.